The molecule has 2 amide bonds. The number of alkyl halides is 3. The highest BCUT2D eigenvalue weighted by Gasteiger charge is 2.33. The topological polar surface area (TPSA) is 120 Å². The zero-order valence-corrected chi connectivity index (χ0v) is 23.5. The maximum Gasteiger partial charge on any atom is 0.418 e. The second-order valence-electron chi connectivity index (χ2n) is 10.3. The van der Waals surface area contributed by atoms with Crippen LogP contribution in [0.1, 0.15) is 33.0 Å². The molecule has 0 saturated heterocycles. The summed E-state index contributed by atoms with van der Waals surface area (Å²) in [6.45, 7) is 0. The molecule has 0 aliphatic rings. The van der Waals surface area contributed by atoms with Gasteiger partial charge in [-0.1, -0.05) is 54.6 Å². The molecule has 0 bridgehead atoms. The number of nitrogens with two attached hydrogens (primary N) is 2. The number of benzene rings is 5. The summed E-state index contributed by atoms with van der Waals surface area (Å²) in [7, 11) is 0. The third-order valence-corrected chi connectivity index (χ3v) is 7.48. The minimum absolute atomic E-state index is 0.148. The highest BCUT2D eigenvalue weighted by atomic mass is 19.4. The fourth-order valence-electron chi connectivity index (χ4n) is 5.41. The molecule has 0 aliphatic heterocycles. The molecule has 1 atom stereocenters. The number of halogens is 3. The van der Waals surface area contributed by atoms with Crippen molar-refractivity contribution in [1.29, 1.82) is 0 Å². The first kappa shape index (κ1) is 29.2. The zero-order chi connectivity index (χ0) is 31.7. The quantitative estimate of drug-likeness (QED) is 0.161. The number of nitrogens with zero attached hydrogens (tertiary/aromatic N) is 1. The number of primary amides is 1. The van der Waals surface area contributed by atoms with Gasteiger partial charge < -0.3 is 21.5 Å². The molecule has 6 aromatic rings. The summed E-state index contributed by atoms with van der Waals surface area (Å²) < 4.78 is 47.2. The second-order valence-corrected chi connectivity index (χ2v) is 10.3. The number of carbonyl (C=O) groups excluding carboxylic acids is 2. The van der Waals surface area contributed by atoms with Gasteiger partial charge in [-0.15, -0.1) is 0 Å². The predicted molar refractivity (Wildman–Crippen MR) is 167 cm³/mol. The molecule has 224 valence electrons. The minimum Gasteiger partial charge on any atom is -0.457 e. The summed E-state index contributed by atoms with van der Waals surface area (Å²) in [5.74, 6) is -1.50. The van der Waals surface area contributed by atoms with Crippen molar-refractivity contribution < 1.29 is 27.5 Å². The van der Waals surface area contributed by atoms with Gasteiger partial charge in [0.05, 0.1) is 28.4 Å². The highest BCUT2D eigenvalue weighted by molar-refractivity contribution is 6.10. The Balaban J connectivity index is 1.50. The van der Waals surface area contributed by atoms with Crippen LogP contribution in [-0.2, 0) is 11.0 Å². The fraction of sp³-hybridized carbons (Fsp3) is 0.0571. The first-order valence-electron chi connectivity index (χ1n) is 13.8. The summed E-state index contributed by atoms with van der Waals surface area (Å²) in [5, 5.41) is 4.04. The number of para-hydroxylation sites is 3. The lowest BCUT2D eigenvalue weighted by molar-refractivity contribution is -0.136. The van der Waals surface area contributed by atoms with Crippen LogP contribution in [-0.4, -0.2) is 16.8 Å². The zero-order valence-electron chi connectivity index (χ0n) is 23.5. The Labute approximate surface area is 255 Å². The Morgan fingerprint density at radius 1 is 0.800 bits per heavy atom. The molecule has 0 aliphatic carbocycles. The smallest absolute Gasteiger partial charge is 0.418 e. The Hall–Kier alpha value is -5.90. The number of aromatic nitrogens is 1. The van der Waals surface area contributed by atoms with E-state index >= 15 is 0 Å². The Morgan fingerprint density at radius 2 is 1.56 bits per heavy atom. The predicted octanol–water partition coefficient (Wildman–Crippen LogP) is 7.65. The van der Waals surface area contributed by atoms with Gasteiger partial charge in [-0.3, -0.25) is 14.6 Å². The summed E-state index contributed by atoms with van der Waals surface area (Å²) in [6.07, 6.45) is -3.36. The van der Waals surface area contributed by atoms with E-state index < -0.39 is 23.6 Å². The Bertz CT molecular complexity index is 2080. The van der Waals surface area contributed by atoms with Crippen molar-refractivity contribution in [2.45, 2.75) is 12.1 Å². The van der Waals surface area contributed by atoms with Gasteiger partial charge in [0.1, 0.15) is 11.5 Å². The van der Waals surface area contributed by atoms with Crippen molar-refractivity contribution in [2.75, 3.05) is 11.1 Å². The van der Waals surface area contributed by atoms with E-state index in [2.05, 4.69) is 10.3 Å². The SMILES string of the molecule is NC(=O)c1ccc(C(C(=O)Nc2ccccc2N)c2ccccc2)c2cc(Oc3ccnc4c(C(F)(F)F)cccc34)ccc12. The third kappa shape index (κ3) is 5.73. The fourth-order valence-corrected chi connectivity index (χ4v) is 5.41. The molecule has 10 heteroatoms. The van der Waals surface area contributed by atoms with E-state index in [0.29, 0.717) is 33.3 Å². The molecule has 7 nitrogen and oxygen atoms in total. The van der Waals surface area contributed by atoms with Gasteiger partial charge in [0.25, 0.3) is 0 Å². The number of carbonyl (C=O) groups is 2. The number of fused-ring (bicyclic) bond motifs is 2. The Kier molecular flexibility index (Phi) is 7.55. The summed E-state index contributed by atoms with van der Waals surface area (Å²) in [6, 6.07) is 29.3. The molecule has 6 rings (SSSR count). The minimum atomic E-state index is -4.61. The van der Waals surface area contributed by atoms with E-state index in [1.807, 2.05) is 30.3 Å². The number of ether oxygens (including phenoxy) is 1. The van der Waals surface area contributed by atoms with Gasteiger partial charge in [0, 0.05) is 17.1 Å². The van der Waals surface area contributed by atoms with Crippen molar-refractivity contribution in [1.82, 2.24) is 4.98 Å². The van der Waals surface area contributed by atoms with E-state index in [1.165, 1.54) is 24.4 Å². The van der Waals surface area contributed by atoms with Gasteiger partial charge >= 0.3 is 6.18 Å². The second kappa shape index (κ2) is 11.6. The van der Waals surface area contributed by atoms with E-state index in [0.717, 1.165) is 6.07 Å². The molecule has 1 aromatic heterocycles. The lowest BCUT2D eigenvalue weighted by Crippen LogP contribution is -2.23. The number of hydrogen-bond donors (Lipinski definition) is 3. The molecule has 45 heavy (non-hydrogen) atoms. The largest absolute Gasteiger partial charge is 0.457 e. The number of nitrogen functional groups attached to an aromatic ring is 1. The molecule has 0 saturated carbocycles. The average Bonchev–Trinajstić information content (AvgIpc) is 3.02. The number of pyridine rings is 1. The molecular formula is C35H25F3N4O3. The Morgan fingerprint density at radius 3 is 2.29 bits per heavy atom. The van der Waals surface area contributed by atoms with E-state index in [9.17, 15) is 22.8 Å². The van der Waals surface area contributed by atoms with Crippen molar-refractivity contribution in [3.63, 3.8) is 0 Å². The third-order valence-electron chi connectivity index (χ3n) is 7.48. The van der Waals surface area contributed by atoms with E-state index in [-0.39, 0.29) is 33.9 Å². The van der Waals surface area contributed by atoms with Gasteiger partial charge in [0.2, 0.25) is 11.8 Å². The highest BCUT2D eigenvalue weighted by Crippen LogP contribution is 2.40. The van der Waals surface area contributed by atoms with E-state index in [4.69, 9.17) is 16.2 Å². The van der Waals surface area contributed by atoms with Crippen molar-refractivity contribution in [3.8, 4) is 11.5 Å². The van der Waals surface area contributed by atoms with Gasteiger partial charge in [-0.25, -0.2) is 0 Å². The molecule has 0 radical (unpaired) electrons. The number of anilines is 2. The maximum atomic E-state index is 14.0. The number of nitrogens with one attached hydrogen (secondary N) is 1. The van der Waals surface area contributed by atoms with Crippen LogP contribution in [0.5, 0.6) is 11.5 Å². The van der Waals surface area contributed by atoms with Crippen molar-refractivity contribution >= 4 is 44.9 Å². The lowest BCUT2D eigenvalue weighted by atomic mass is 9.85. The van der Waals surface area contributed by atoms with Crippen LogP contribution in [0.3, 0.4) is 0 Å². The number of rotatable bonds is 7. The summed E-state index contributed by atoms with van der Waals surface area (Å²) >= 11 is 0. The average molecular weight is 607 g/mol. The summed E-state index contributed by atoms with van der Waals surface area (Å²) in [5.41, 5.74) is 12.9. The molecule has 0 fully saturated rings. The van der Waals surface area contributed by atoms with Gasteiger partial charge in [0.15, 0.2) is 0 Å². The van der Waals surface area contributed by atoms with Crippen LogP contribution in [0.25, 0.3) is 21.7 Å². The van der Waals surface area contributed by atoms with Crippen LogP contribution in [0, 0.1) is 0 Å². The normalized spacial score (nSPS) is 12.2. The molecule has 1 heterocycles. The van der Waals surface area contributed by atoms with Crippen LogP contribution in [0.2, 0.25) is 0 Å². The van der Waals surface area contributed by atoms with Crippen molar-refractivity contribution in [2.24, 2.45) is 5.73 Å². The summed E-state index contributed by atoms with van der Waals surface area (Å²) in [4.78, 5) is 30.3. The first-order valence-corrected chi connectivity index (χ1v) is 13.8. The maximum absolute atomic E-state index is 14.0. The molecule has 1 unspecified atom stereocenters. The molecule has 5 aromatic carbocycles. The first-order chi connectivity index (χ1) is 21.6. The van der Waals surface area contributed by atoms with Gasteiger partial charge in [-0.05, 0) is 76.5 Å². The van der Waals surface area contributed by atoms with Crippen molar-refractivity contribution in [3.05, 3.63) is 138 Å². The van der Waals surface area contributed by atoms with Gasteiger partial charge in [-0.2, -0.15) is 13.2 Å². The molecule has 0 spiro atoms. The van der Waals surface area contributed by atoms with Crippen LogP contribution < -0.4 is 21.5 Å². The van der Waals surface area contributed by atoms with Crippen LogP contribution in [0.4, 0.5) is 24.5 Å². The van der Waals surface area contributed by atoms with Crippen LogP contribution in [0.15, 0.2) is 115 Å². The molecular weight excluding hydrogens is 581 g/mol. The lowest BCUT2D eigenvalue weighted by Gasteiger charge is -2.21. The standard InChI is InChI=1S/C35H25F3N4O3/c36-35(37,38)27-10-6-9-25-30(17-18-41-32(25)27)45-21-13-14-22-24(33(40)43)16-15-23(26(22)19-21)31(20-7-2-1-3-8-20)34(44)42-29-12-5-4-11-28(29)39/h1-19,31H,39H2,(H2,40,43)(H,42,44). The van der Waals surface area contributed by atoms with Crippen LogP contribution >= 0.6 is 0 Å². The van der Waals surface area contributed by atoms with E-state index in [1.54, 1.807) is 54.6 Å². The molecule has 5 N–H and O–H groups in total. The monoisotopic (exact) mass is 606 g/mol. The number of hydrogen-bond acceptors (Lipinski definition) is 5. The number of amides is 2.